The number of carbonyl (C=O) groups is 1. The van der Waals surface area contributed by atoms with Crippen LogP contribution in [-0.4, -0.2) is 15.9 Å². The molecule has 4 rings (SSSR count). The minimum absolute atomic E-state index is 0.00115. The first-order valence-electron chi connectivity index (χ1n) is 11.1. The van der Waals surface area contributed by atoms with Gasteiger partial charge in [-0.1, -0.05) is 0 Å². The lowest BCUT2D eigenvalue weighted by molar-refractivity contribution is 0.0867. The zero-order valence-electron chi connectivity index (χ0n) is 20.5. The zero-order valence-corrected chi connectivity index (χ0v) is 20.5. The summed E-state index contributed by atoms with van der Waals surface area (Å²) in [4.78, 5) is 18.8. The molecule has 0 saturated carbocycles. The van der Waals surface area contributed by atoms with E-state index in [9.17, 15) is 9.90 Å². The Morgan fingerprint density at radius 3 is 1.71 bits per heavy atom. The molecule has 1 aliphatic carbocycles. The van der Waals surface area contributed by atoms with Gasteiger partial charge in [-0.2, -0.15) is 0 Å². The molecule has 2 aromatic carbocycles. The van der Waals surface area contributed by atoms with Gasteiger partial charge in [-0.15, -0.1) is 0 Å². The Morgan fingerprint density at radius 1 is 0.613 bits per heavy atom. The van der Waals surface area contributed by atoms with Crippen molar-refractivity contribution in [2.45, 2.75) is 81.3 Å². The number of ketones is 1. The van der Waals surface area contributed by atoms with E-state index >= 15 is 0 Å². The molecule has 0 radical (unpaired) electrons. The third kappa shape index (κ3) is 2.69. The second-order valence-corrected chi connectivity index (χ2v) is 9.55. The Morgan fingerprint density at radius 2 is 1.10 bits per heavy atom. The molecule has 1 aromatic heterocycles. The molecular formula is C28H33NO2. The van der Waals surface area contributed by atoms with E-state index in [4.69, 9.17) is 4.98 Å². The Balaban J connectivity index is 2.05. The molecule has 3 heteroatoms. The average molecular weight is 416 g/mol. The molecule has 3 aromatic rings. The van der Waals surface area contributed by atoms with Crippen molar-refractivity contribution in [1.82, 2.24) is 4.98 Å². The summed E-state index contributed by atoms with van der Waals surface area (Å²) < 4.78 is 0. The number of pyridine rings is 1. The van der Waals surface area contributed by atoms with E-state index in [1.807, 2.05) is 20.8 Å². The van der Waals surface area contributed by atoms with Gasteiger partial charge >= 0.3 is 0 Å². The van der Waals surface area contributed by atoms with Gasteiger partial charge in [0.05, 0.1) is 23.2 Å². The highest BCUT2D eigenvalue weighted by atomic mass is 16.3. The number of rotatable bonds is 1. The van der Waals surface area contributed by atoms with E-state index in [0.29, 0.717) is 5.56 Å². The summed E-state index contributed by atoms with van der Waals surface area (Å²) in [5.41, 5.74) is 14.6. The van der Waals surface area contributed by atoms with Crippen LogP contribution >= 0.6 is 0 Å². The normalized spacial score (nSPS) is 18.2. The van der Waals surface area contributed by atoms with E-state index in [0.717, 1.165) is 55.7 Å². The summed E-state index contributed by atoms with van der Waals surface area (Å²) in [6.07, 6.45) is -0.864. The first-order chi connectivity index (χ1) is 14.4. The molecule has 1 heterocycles. The lowest BCUT2D eigenvalue weighted by Gasteiger charge is -2.22. The van der Waals surface area contributed by atoms with Crippen LogP contribution in [0.15, 0.2) is 0 Å². The van der Waals surface area contributed by atoms with Crippen molar-refractivity contribution in [1.29, 1.82) is 0 Å². The van der Waals surface area contributed by atoms with E-state index < -0.39 is 12.0 Å². The van der Waals surface area contributed by atoms with Crippen molar-refractivity contribution in [2.24, 2.45) is 0 Å². The van der Waals surface area contributed by atoms with Gasteiger partial charge in [0.2, 0.25) is 0 Å². The molecular weight excluding hydrogens is 382 g/mol. The fraction of sp³-hybridized carbons (Fsp3) is 0.429. The van der Waals surface area contributed by atoms with Gasteiger partial charge in [0.15, 0.2) is 5.78 Å². The van der Waals surface area contributed by atoms with E-state index in [2.05, 4.69) is 48.5 Å². The fourth-order valence-corrected chi connectivity index (χ4v) is 5.55. The topological polar surface area (TPSA) is 50.2 Å². The van der Waals surface area contributed by atoms with E-state index in [1.54, 1.807) is 0 Å². The van der Waals surface area contributed by atoms with Gasteiger partial charge < -0.3 is 5.11 Å². The van der Waals surface area contributed by atoms with Crippen LogP contribution in [0.2, 0.25) is 0 Å². The molecule has 1 N–H and O–H groups in total. The van der Waals surface area contributed by atoms with Crippen LogP contribution in [0.1, 0.15) is 89.3 Å². The third-order valence-electron chi connectivity index (χ3n) is 8.38. The van der Waals surface area contributed by atoms with Crippen LogP contribution in [0.3, 0.4) is 0 Å². The highest BCUT2D eigenvalue weighted by molar-refractivity contribution is 6.08. The van der Waals surface area contributed by atoms with Crippen molar-refractivity contribution < 1.29 is 9.90 Å². The number of hydrogen-bond donors (Lipinski definition) is 1. The molecule has 3 nitrogen and oxygen atoms in total. The van der Waals surface area contributed by atoms with Crippen LogP contribution in [0, 0.1) is 69.2 Å². The number of aliphatic hydroxyl groups is 1. The van der Waals surface area contributed by atoms with Crippen LogP contribution in [0.5, 0.6) is 0 Å². The Labute approximate surface area is 185 Å². The largest absolute Gasteiger partial charge is 0.387 e. The number of nitrogens with zero attached hydrogens (tertiary/aromatic N) is 1. The highest BCUT2D eigenvalue weighted by Gasteiger charge is 2.44. The number of aromatic nitrogens is 1. The molecule has 31 heavy (non-hydrogen) atoms. The molecule has 2 unspecified atom stereocenters. The molecule has 0 aliphatic heterocycles. The predicted molar refractivity (Wildman–Crippen MR) is 128 cm³/mol. The van der Waals surface area contributed by atoms with Crippen LogP contribution in [0.25, 0.3) is 10.9 Å². The standard InChI is InChI=1S/C28H33NO2/c1-11-12(2)17(7)23-22(16(11)6)27(30)24(28(23)31)26-20(10)18(8)21-15(5)13(3)14(4)19(9)25(21)29-26/h24,27,30H,1-10H3. The second kappa shape index (κ2) is 7.00. The summed E-state index contributed by atoms with van der Waals surface area (Å²) in [6, 6.07) is 0. The highest BCUT2D eigenvalue weighted by Crippen LogP contribution is 2.48. The Bertz CT molecular complexity index is 1310. The van der Waals surface area contributed by atoms with Crippen LogP contribution < -0.4 is 0 Å². The SMILES string of the molecule is Cc1c(C)c(C)c2c(c1C)C(=O)C(c1nc3c(C)c(C)c(C)c(C)c3c(C)c1C)C2O. The fourth-order valence-electron chi connectivity index (χ4n) is 5.55. The smallest absolute Gasteiger partial charge is 0.175 e. The maximum atomic E-state index is 13.7. The maximum absolute atomic E-state index is 13.7. The molecule has 1 aliphatic rings. The predicted octanol–water partition coefficient (Wildman–Crippen LogP) is 6.33. The average Bonchev–Trinajstić information content (AvgIpc) is 2.99. The van der Waals surface area contributed by atoms with Gasteiger partial charge in [0.25, 0.3) is 0 Å². The van der Waals surface area contributed by atoms with Crippen molar-refractivity contribution in [3.8, 4) is 0 Å². The summed E-state index contributed by atoms with van der Waals surface area (Å²) in [7, 11) is 0. The van der Waals surface area contributed by atoms with Gasteiger partial charge in [0.1, 0.15) is 0 Å². The van der Waals surface area contributed by atoms with Gasteiger partial charge in [-0.3, -0.25) is 9.78 Å². The second-order valence-electron chi connectivity index (χ2n) is 9.55. The Hall–Kier alpha value is -2.52. The molecule has 0 saturated heterocycles. The number of fused-ring (bicyclic) bond motifs is 2. The number of carbonyl (C=O) groups excluding carboxylic acids is 1. The number of Topliss-reactive ketones (excluding diaryl/α,β-unsaturated/α-hetero) is 1. The number of hydrogen-bond acceptors (Lipinski definition) is 3. The maximum Gasteiger partial charge on any atom is 0.175 e. The van der Waals surface area contributed by atoms with Gasteiger partial charge in [0, 0.05) is 10.9 Å². The minimum atomic E-state index is -0.864. The molecule has 0 spiro atoms. The Kier molecular flexibility index (Phi) is 4.90. The van der Waals surface area contributed by atoms with E-state index in [1.165, 1.54) is 22.1 Å². The number of benzene rings is 2. The molecule has 0 fully saturated rings. The summed E-state index contributed by atoms with van der Waals surface area (Å²) in [6.45, 7) is 20.9. The quantitative estimate of drug-likeness (QED) is 0.505. The molecule has 0 amide bonds. The van der Waals surface area contributed by atoms with Crippen LogP contribution in [-0.2, 0) is 0 Å². The van der Waals surface area contributed by atoms with Crippen molar-refractivity contribution >= 4 is 16.7 Å². The summed E-state index contributed by atoms with van der Waals surface area (Å²) in [5, 5.41) is 12.6. The molecule has 162 valence electrons. The lowest BCUT2D eigenvalue weighted by Crippen LogP contribution is -2.16. The third-order valence-corrected chi connectivity index (χ3v) is 8.38. The van der Waals surface area contributed by atoms with Crippen molar-refractivity contribution in [3.63, 3.8) is 0 Å². The minimum Gasteiger partial charge on any atom is -0.387 e. The van der Waals surface area contributed by atoms with E-state index in [-0.39, 0.29) is 5.78 Å². The van der Waals surface area contributed by atoms with Crippen LogP contribution in [0.4, 0.5) is 0 Å². The number of aliphatic hydroxyl groups excluding tert-OH is 1. The van der Waals surface area contributed by atoms with Gasteiger partial charge in [-0.05, 0) is 130 Å². The lowest BCUT2D eigenvalue weighted by atomic mass is 9.87. The summed E-state index contributed by atoms with van der Waals surface area (Å²) in [5.74, 6) is -0.656. The summed E-state index contributed by atoms with van der Waals surface area (Å²) >= 11 is 0. The first-order valence-corrected chi connectivity index (χ1v) is 11.1. The van der Waals surface area contributed by atoms with Crippen molar-refractivity contribution in [2.75, 3.05) is 0 Å². The van der Waals surface area contributed by atoms with Crippen molar-refractivity contribution in [3.05, 3.63) is 72.5 Å². The monoisotopic (exact) mass is 415 g/mol. The zero-order chi connectivity index (χ0) is 23.1. The molecule has 2 atom stereocenters. The molecule has 0 bridgehead atoms. The van der Waals surface area contributed by atoms with Gasteiger partial charge in [-0.25, -0.2) is 0 Å². The first kappa shape index (κ1) is 21.7. The number of aryl methyl sites for hydroxylation is 3.